The zero-order valence-corrected chi connectivity index (χ0v) is 14.1. The summed E-state index contributed by atoms with van der Waals surface area (Å²) < 4.78 is 0. The van der Waals surface area contributed by atoms with Crippen LogP contribution in [-0.2, 0) is 15.6 Å². The zero-order valence-electron chi connectivity index (χ0n) is 12.6. The van der Waals surface area contributed by atoms with Gasteiger partial charge in [0, 0.05) is 10.7 Å². The molecule has 1 N–H and O–H groups in total. The molecule has 1 heterocycles. The van der Waals surface area contributed by atoms with Gasteiger partial charge in [0.05, 0.1) is 22.4 Å². The number of rotatable bonds is 2. The number of carboxylic acids is 1. The van der Waals surface area contributed by atoms with Crippen molar-refractivity contribution in [3.63, 3.8) is 0 Å². The van der Waals surface area contributed by atoms with E-state index in [1.165, 1.54) is 0 Å². The quantitative estimate of drug-likeness (QED) is 0.833. The number of halogens is 1. The van der Waals surface area contributed by atoms with Crippen LogP contribution in [0.2, 0.25) is 0 Å². The Morgan fingerprint density at radius 1 is 1.18 bits per heavy atom. The fraction of sp³-hybridized carbons (Fsp3) is 0.471. The van der Waals surface area contributed by atoms with E-state index in [1.54, 1.807) is 0 Å². The van der Waals surface area contributed by atoms with E-state index in [0.29, 0.717) is 17.4 Å². The molecular formula is C17H17BrN2O2. The SMILES string of the molecule is CC1(C)[C@]2(CBr)CC[C@]1(C(=O)O)c1nc3ccccc3nc12. The second kappa shape index (κ2) is 4.07. The number of fused-ring (bicyclic) bond motifs is 6. The van der Waals surface area contributed by atoms with Crippen LogP contribution in [0.25, 0.3) is 11.0 Å². The standard InChI is InChI=1S/C17H17BrN2O2/c1-15(2)16(9-18)7-8-17(15,14(21)22)13-12(16)19-10-5-3-4-6-11(10)20-13/h3-6H,7-9H2,1-2H3,(H,21,22)/t16-,17+/m0/s1. The number of hydrogen-bond acceptors (Lipinski definition) is 3. The number of alkyl halides is 1. The molecule has 0 unspecified atom stereocenters. The van der Waals surface area contributed by atoms with E-state index in [-0.39, 0.29) is 5.41 Å². The second-order valence-corrected chi connectivity index (χ2v) is 7.52. The Balaban J connectivity index is 2.15. The van der Waals surface area contributed by atoms with Crippen molar-refractivity contribution in [1.29, 1.82) is 0 Å². The predicted molar refractivity (Wildman–Crippen MR) is 87.3 cm³/mol. The maximum absolute atomic E-state index is 12.3. The van der Waals surface area contributed by atoms with Crippen LogP contribution in [0.4, 0.5) is 0 Å². The highest BCUT2D eigenvalue weighted by molar-refractivity contribution is 9.09. The molecule has 22 heavy (non-hydrogen) atoms. The maximum Gasteiger partial charge on any atom is 0.316 e. The van der Waals surface area contributed by atoms with Gasteiger partial charge < -0.3 is 5.11 Å². The van der Waals surface area contributed by atoms with Gasteiger partial charge in [-0.05, 0) is 30.4 Å². The van der Waals surface area contributed by atoms with Gasteiger partial charge in [0.1, 0.15) is 5.41 Å². The maximum atomic E-state index is 12.3. The number of aromatic nitrogens is 2. The summed E-state index contributed by atoms with van der Waals surface area (Å²) in [7, 11) is 0. The van der Waals surface area contributed by atoms with Crippen molar-refractivity contribution in [3.05, 3.63) is 35.7 Å². The molecule has 1 fully saturated rings. The van der Waals surface area contributed by atoms with Gasteiger partial charge in [-0.2, -0.15) is 0 Å². The number of carbonyl (C=O) groups is 1. The number of para-hydroxylation sites is 2. The highest BCUT2D eigenvalue weighted by atomic mass is 79.9. The normalized spacial score (nSPS) is 31.4. The van der Waals surface area contributed by atoms with Crippen molar-refractivity contribution in [2.45, 2.75) is 37.5 Å². The molecule has 4 rings (SSSR count). The molecule has 2 bridgehead atoms. The topological polar surface area (TPSA) is 63.1 Å². The average molecular weight is 361 g/mol. The summed E-state index contributed by atoms with van der Waals surface area (Å²) in [4.78, 5) is 21.9. The predicted octanol–water partition coefficient (Wildman–Crippen LogP) is 3.42. The third kappa shape index (κ3) is 1.25. The lowest BCUT2D eigenvalue weighted by atomic mass is 9.64. The van der Waals surface area contributed by atoms with Crippen LogP contribution in [0.15, 0.2) is 24.3 Å². The van der Waals surface area contributed by atoms with Crippen molar-refractivity contribution in [2.24, 2.45) is 5.41 Å². The molecular weight excluding hydrogens is 344 g/mol. The summed E-state index contributed by atoms with van der Waals surface area (Å²) in [5.74, 6) is -0.774. The molecule has 2 atom stereocenters. The smallest absolute Gasteiger partial charge is 0.316 e. The lowest BCUT2D eigenvalue weighted by Gasteiger charge is -2.39. The van der Waals surface area contributed by atoms with Crippen molar-refractivity contribution in [2.75, 3.05) is 5.33 Å². The highest BCUT2D eigenvalue weighted by Crippen LogP contribution is 2.70. The average Bonchev–Trinajstić information content (AvgIpc) is 2.83. The zero-order chi connectivity index (χ0) is 15.8. The molecule has 5 heteroatoms. The van der Waals surface area contributed by atoms with Gasteiger partial charge in [-0.1, -0.05) is 41.9 Å². The van der Waals surface area contributed by atoms with Crippen LogP contribution < -0.4 is 0 Å². The monoisotopic (exact) mass is 360 g/mol. The van der Waals surface area contributed by atoms with E-state index in [4.69, 9.17) is 9.97 Å². The molecule has 1 aromatic heterocycles. The summed E-state index contributed by atoms with van der Waals surface area (Å²) in [5.41, 5.74) is 1.54. The van der Waals surface area contributed by atoms with Crippen molar-refractivity contribution in [1.82, 2.24) is 9.97 Å². The largest absolute Gasteiger partial charge is 0.481 e. The minimum atomic E-state index is -0.937. The molecule has 0 amide bonds. The van der Waals surface area contributed by atoms with Crippen LogP contribution in [0, 0.1) is 5.41 Å². The van der Waals surface area contributed by atoms with Crippen molar-refractivity contribution < 1.29 is 9.90 Å². The number of hydrogen-bond donors (Lipinski definition) is 1. The van der Waals surface area contributed by atoms with Crippen LogP contribution >= 0.6 is 15.9 Å². The molecule has 1 aromatic carbocycles. The van der Waals surface area contributed by atoms with Crippen LogP contribution in [0.1, 0.15) is 38.1 Å². The molecule has 0 spiro atoms. The molecule has 2 aromatic rings. The van der Waals surface area contributed by atoms with Crippen LogP contribution in [0.5, 0.6) is 0 Å². The van der Waals surface area contributed by atoms with Gasteiger partial charge in [-0.3, -0.25) is 4.79 Å². The Morgan fingerprint density at radius 3 is 2.32 bits per heavy atom. The molecule has 0 saturated heterocycles. The first kappa shape index (κ1) is 14.1. The fourth-order valence-corrected chi connectivity index (χ4v) is 5.91. The Bertz CT molecular complexity index is 819. The Labute approximate surface area is 137 Å². The van der Waals surface area contributed by atoms with Gasteiger partial charge in [0.15, 0.2) is 0 Å². The lowest BCUT2D eigenvalue weighted by molar-refractivity contribution is -0.148. The molecule has 4 nitrogen and oxygen atoms in total. The number of nitrogens with zero attached hydrogens (tertiary/aromatic N) is 2. The third-order valence-corrected chi connectivity index (χ3v) is 7.17. The van der Waals surface area contributed by atoms with Gasteiger partial charge >= 0.3 is 5.97 Å². The summed E-state index contributed by atoms with van der Waals surface area (Å²) in [5, 5.41) is 10.8. The molecule has 1 saturated carbocycles. The molecule has 0 radical (unpaired) electrons. The van der Waals surface area contributed by atoms with Gasteiger partial charge in [-0.15, -0.1) is 0 Å². The van der Waals surface area contributed by atoms with E-state index < -0.39 is 16.8 Å². The number of carboxylic acid groups (broad SMARTS) is 1. The Morgan fingerprint density at radius 2 is 1.77 bits per heavy atom. The molecule has 2 aliphatic rings. The summed E-state index contributed by atoms with van der Waals surface area (Å²) >= 11 is 3.64. The van der Waals surface area contributed by atoms with Crippen molar-refractivity contribution >= 4 is 32.9 Å². The number of benzene rings is 1. The highest BCUT2D eigenvalue weighted by Gasteiger charge is 2.74. The second-order valence-electron chi connectivity index (χ2n) is 6.96. The summed E-state index contributed by atoms with van der Waals surface area (Å²) in [6.07, 6.45) is 1.46. The van der Waals surface area contributed by atoms with Gasteiger partial charge in [-0.25, -0.2) is 9.97 Å². The first-order chi connectivity index (χ1) is 10.4. The summed E-state index contributed by atoms with van der Waals surface area (Å²) in [6.45, 7) is 4.12. The minimum absolute atomic E-state index is 0.266. The third-order valence-electron chi connectivity index (χ3n) is 6.21. The van der Waals surface area contributed by atoms with E-state index in [0.717, 1.165) is 23.1 Å². The first-order valence-electron chi connectivity index (χ1n) is 7.48. The van der Waals surface area contributed by atoms with E-state index in [9.17, 15) is 9.90 Å². The van der Waals surface area contributed by atoms with Crippen LogP contribution in [-0.4, -0.2) is 26.4 Å². The minimum Gasteiger partial charge on any atom is -0.481 e. The van der Waals surface area contributed by atoms with E-state index in [2.05, 4.69) is 29.8 Å². The molecule has 0 aliphatic heterocycles. The fourth-order valence-electron chi connectivity index (χ4n) is 4.67. The summed E-state index contributed by atoms with van der Waals surface area (Å²) in [6, 6.07) is 7.69. The Kier molecular flexibility index (Phi) is 2.62. The first-order valence-corrected chi connectivity index (χ1v) is 8.60. The van der Waals surface area contributed by atoms with Crippen LogP contribution in [0.3, 0.4) is 0 Å². The number of aliphatic carboxylic acids is 1. The molecule has 114 valence electrons. The molecule has 2 aliphatic carbocycles. The Hall–Kier alpha value is -1.49. The van der Waals surface area contributed by atoms with E-state index in [1.807, 2.05) is 24.3 Å². The van der Waals surface area contributed by atoms with E-state index >= 15 is 0 Å². The lowest BCUT2D eigenvalue weighted by Crippen LogP contribution is -2.47. The van der Waals surface area contributed by atoms with Gasteiger partial charge in [0.2, 0.25) is 0 Å². The van der Waals surface area contributed by atoms with Gasteiger partial charge in [0.25, 0.3) is 0 Å². The van der Waals surface area contributed by atoms with Crippen molar-refractivity contribution in [3.8, 4) is 0 Å².